The van der Waals surface area contributed by atoms with Gasteiger partial charge >= 0.3 is 0 Å². The van der Waals surface area contributed by atoms with Gasteiger partial charge in [0.2, 0.25) is 0 Å². The average molecular weight is 233 g/mol. The van der Waals surface area contributed by atoms with Crippen LogP contribution in [-0.4, -0.2) is 12.6 Å². The predicted octanol–water partition coefficient (Wildman–Crippen LogP) is 4.19. The lowest BCUT2D eigenvalue weighted by Crippen LogP contribution is -2.28. The first-order valence-corrected chi connectivity index (χ1v) is 6.85. The van der Waals surface area contributed by atoms with E-state index in [0.29, 0.717) is 12.0 Å². The first-order valence-electron chi connectivity index (χ1n) is 6.85. The second kappa shape index (κ2) is 6.80. The number of rotatable bonds is 6. The number of benzene rings is 1. The van der Waals surface area contributed by atoms with E-state index in [1.54, 1.807) is 0 Å². The van der Waals surface area contributed by atoms with Gasteiger partial charge < -0.3 is 5.32 Å². The maximum atomic E-state index is 3.56. The lowest BCUT2D eigenvalue weighted by molar-refractivity contribution is 0.478. The van der Waals surface area contributed by atoms with E-state index in [9.17, 15) is 0 Å². The summed E-state index contributed by atoms with van der Waals surface area (Å²) in [5.74, 6) is 0.634. The Morgan fingerprint density at radius 2 is 1.88 bits per heavy atom. The van der Waals surface area contributed by atoms with Crippen LogP contribution in [0.1, 0.15) is 56.2 Å². The monoisotopic (exact) mass is 233 g/mol. The van der Waals surface area contributed by atoms with Crippen molar-refractivity contribution in [3.63, 3.8) is 0 Å². The van der Waals surface area contributed by atoms with E-state index >= 15 is 0 Å². The summed E-state index contributed by atoms with van der Waals surface area (Å²) in [6.07, 6.45) is 2.42. The second-order valence-corrected chi connectivity index (χ2v) is 5.35. The highest BCUT2D eigenvalue weighted by Crippen LogP contribution is 2.24. The zero-order valence-electron chi connectivity index (χ0n) is 12.0. The van der Waals surface area contributed by atoms with Gasteiger partial charge in [0.05, 0.1) is 0 Å². The summed E-state index contributed by atoms with van der Waals surface area (Å²) in [5, 5.41) is 3.56. The van der Waals surface area contributed by atoms with Crippen LogP contribution in [0.5, 0.6) is 0 Å². The molecule has 2 atom stereocenters. The van der Waals surface area contributed by atoms with Crippen molar-refractivity contribution in [2.75, 3.05) is 6.54 Å². The van der Waals surface area contributed by atoms with Crippen molar-refractivity contribution in [1.82, 2.24) is 5.32 Å². The summed E-state index contributed by atoms with van der Waals surface area (Å²) in [6.45, 7) is 12.3. The van der Waals surface area contributed by atoms with Gasteiger partial charge in [0.15, 0.2) is 0 Å². The van der Waals surface area contributed by atoms with Gasteiger partial charge in [-0.05, 0) is 57.2 Å². The van der Waals surface area contributed by atoms with E-state index in [4.69, 9.17) is 0 Å². The zero-order chi connectivity index (χ0) is 12.8. The summed E-state index contributed by atoms with van der Waals surface area (Å²) in [4.78, 5) is 0. The van der Waals surface area contributed by atoms with Crippen LogP contribution in [-0.2, 0) is 0 Å². The van der Waals surface area contributed by atoms with Crippen LogP contribution in [0.4, 0.5) is 0 Å². The molecular weight excluding hydrogens is 206 g/mol. The Balaban J connectivity index is 2.60. The lowest BCUT2D eigenvalue weighted by atomic mass is 9.90. The highest BCUT2D eigenvalue weighted by atomic mass is 14.9. The minimum Gasteiger partial charge on any atom is -0.314 e. The van der Waals surface area contributed by atoms with Crippen LogP contribution in [0.2, 0.25) is 0 Å². The Kier molecular flexibility index (Phi) is 5.70. The molecule has 1 rings (SSSR count). The molecule has 0 saturated heterocycles. The van der Waals surface area contributed by atoms with Crippen molar-refractivity contribution in [1.29, 1.82) is 0 Å². The molecule has 0 saturated carbocycles. The molecule has 96 valence electrons. The van der Waals surface area contributed by atoms with E-state index < -0.39 is 0 Å². The van der Waals surface area contributed by atoms with Gasteiger partial charge in [-0.25, -0.2) is 0 Å². The SMILES string of the molecule is CCCNC(C)CC(C)c1ccc(C)cc1C. The molecule has 0 aliphatic rings. The van der Waals surface area contributed by atoms with Crippen LogP contribution < -0.4 is 5.32 Å². The third kappa shape index (κ3) is 4.51. The molecule has 0 heterocycles. The number of hydrogen-bond donors (Lipinski definition) is 1. The largest absolute Gasteiger partial charge is 0.314 e. The van der Waals surface area contributed by atoms with Crippen molar-refractivity contribution in [3.05, 3.63) is 34.9 Å². The van der Waals surface area contributed by atoms with E-state index in [1.165, 1.54) is 29.5 Å². The van der Waals surface area contributed by atoms with E-state index in [0.717, 1.165) is 6.54 Å². The molecule has 2 unspecified atom stereocenters. The summed E-state index contributed by atoms with van der Waals surface area (Å²) in [7, 11) is 0. The first-order chi connectivity index (χ1) is 8.04. The minimum absolute atomic E-state index is 0.602. The summed E-state index contributed by atoms with van der Waals surface area (Å²) < 4.78 is 0. The molecule has 1 aromatic carbocycles. The molecule has 1 nitrogen and oxygen atoms in total. The molecule has 0 aliphatic heterocycles. The molecule has 0 fully saturated rings. The Bertz CT molecular complexity index is 343. The Labute approximate surface area is 107 Å². The highest BCUT2D eigenvalue weighted by molar-refractivity contribution is 5.32. The van der Waals surface area contributed by atoms with Crippen molar-refractivity contribution in [3.8, 4) is 0 Å². The standard InChI is InChI=1S/C16H27N/c1-6-9-17-15(5)11-14(4)16-8-7-12(2)10-13(16)3/h7-8,10,14-15,17H,6,9,11H2,1-5H3. The fourth-order valence-corrected chi connectivity index (χ4v) is 2.51. The molecule has 0 spiro atoms. The fraction of sp³-hybridized carbons (Fsp3) is 0.625. The molecule has 1 aromatic rings. The van der Waals surface area contributed by atoms with Gasteiger partial charge in [-0.1, -0.05) is 37.6 Å². The van der Waals surface area contributed by atoms with Gasteiger partial charge in [-0.3, -0.25) is 0 Å². The average Bonchev–Trinajstić information content (AvgIpc) is 2.26. The summed E-state index contributed by atoms with van der Waals surface area (Å²) in [6, 6.07) is 7.41. The van der Waals surface area contributed by atoms with Crippen LogP contribution in [0.3, 0.4) is 0 Å². The third-order valence-electron chi connectivity index (χ3n) is 3.41. The maximum absolute atomic E-state index is 3.56. The van der Waals surface area contributed by atoms with Crippen molar-refractivity contribution >= 4 is 0 Å². The highest BCUT2D eigenvalue weighted by Gasteiger charge is 2.12. The Morgan fingerprint density at radius 3 is 2.47 bits per heavy atom. The van der Waals surface area contributed by atoms with E-state index in [-0.39, 0.29) is 0 Å². The molecular formula is C16H27N. The smallest absolute Gasteiger partial charge is 0.00444 e. The molecule has 0 amide bonds. The summed E-state index contributed by atoms with van der Waals surface area (Å²) >= 11 is 0. The quantitative estimate of drug-likeness (QED) is 0.777. The molecule has 1 heteroatoms. The molecule has 0 radical (unpaired) electrons. The van der Waals surface area contributed by atoms with Crippen LogP contribution in [0.15, 0.2) is 18.2 Å². The fourth-order valence-electron chi connectivity index (χ4n) is 2.51. The van der Waals surface area contributed by atoms with Gasteiger partial charge in [0.25, 0.3) is 0 Å². The zero-order valence-corrected chi connectivity index (χ0v) is 12.0. The maximum Gasteiger partial charge on any atom is 0.00444 e. The van der Waals surface area contributed by atoms with Gasteiger partial charge in [-0.2, -0.15) is 0 Å². The number of hydrogen-bond acceptors (Lipinski definition) is 1. The van der Waals surface area contributed by atoms with Crippen molar-refractivity contribution in [2.45, 2.75) is 59.4 Å². The molecule has 1 N–H and O–H groups in total. The number of nitrogens with one attached hydrogen (secondary N) is 1. The topological polar surface area (TPSA) is 12.0 Å². The second-order valence-electron chi connectivity index (χ2n) is 5.35. The predicted molar refractivity (Wildman–Crippen MR) is 76.7 cm³/mol. The third-order valence-corrected chi connectivity index (χ3v) is 3.41. The first kappa shape index (κ1) is 14.2. The Morgan fingerprint density at radius 1 is 1.18 bits per heavy atom. The van der Waals surface area contributed by atoms with Gasteiger partial charge in [-0.15, -0.1) is 0 Å². The van der Waals surface area contributed by atoms with Crippen molar-refractivity contribution < 1.29 is 0 Å². The number of aryl methyl sites for hydroxylation is 2. The van der Waals surface area contributed by atoms with Crippen molar-refractivity contribution in [2.24, 2.45) is 0 Å². The van der Waals surface area contributed by atoms with Crippen LogP contribution in [0, 0.1) is 13.8 Å². The Hall–Kier alpha value is -0.820. The molecule has 0 aliphatic carbocycles. The van der Waals surface area contributed by atoms with Gasteiger partial charge in [0.1, 0.15) is 0 Å². The van der Waals surface area contributed by atoms with E-state index in [1.807, 2.05) is 0 Å². The van der Waals surface area contributed by atoms with E-state index in [2.05, 4.69) is 58.1 Å². The van der Waals surface area contributed by atoms with Crippen LogP contribution in [0.25, 0.3) is 0 Å². The van der Waals surface area contributed by atoms with Crippen LogP contribution >= 0.6 is 0 Å². The molecule has 0 aromatic heterocycles. The summed E-state index contributed by atoms with van der Waals surface area (Å²) in [5.41, 5.74) is 4.29. The lowest BCUT2D eigenvalue weighted by Gasteiger charge is -2.20. The van der Waals surface area contributed by atoms with Gasteiger partial charge in [0, 0.05) is 6.04 Å². The minimum atomic E-state index is 0.602. The molecule has 17 heavy (non-hydrogen) atoms. The normalized spacial score (nSPS) is 14.6. The molecule has 0 bridgehead atoms.